The van der Waals surface area contributed by atoms with E-state index in [2.05, 4.69) is 0 Å². The Morgan fingerprint density at radius 2 is 1.74 bits per heavy atom. The third-order valence-electron chi connectivity index (χ3n) is 3.99. The molecule has 0 radical (unpaired) electrons. The molecule has 2 aromatic carbocycles. The van der Waals surface area contributed by atoms with Crippen molar-refractivity contribution in [1.29, 1.82) is 0 Å². The molecule has 1 atom stereocenters. The summed E-state index contributed by atoms with van der Waals surface area (Å²) >= 11 is 0. The van der Waals surface area contributed by atoms with Gasteiger partial charge in [-0.05, 0) is 29.8 Å². The van der Waals surface area contributed by atoms with Crippen LogP contribution in [0.15, 0.2) is 54.6 Å². The first kappa shape index (κ1) is 15.4. The van der Waals surface area contributed by atoms with E-state index in [-0.39, 0.29) is 24.1 Å². The Hall–Kier alpha value is -2.53. The number of hydrogen-bond donors (Lipinski definition) is 1. The third kappa shape index (κ3) is 3.46. The van der Waals surface area contributed by atoms with Gasteiger partial charge >= 0.3 is 0 Å². The fourth-order valence-corrected chi connectivity index (χ4v) is 2.80. The summed E-state index contributed by atoms with van der Waals surface area (Å²) in [5.74, 6) is -0.851. The molecule has 2 amide bonds. The molecule has 0 unspecified atom stereocenters. The molecule has 1 fully saturated rings. The lowest BCUT2D eigenvalue weighted by atomic mass is 10.1. The second kappa shape index (κ2) is 6.71. The predicted molar refractivity (Wildman–Crippen MR) is 84.2 cm³/mol. The Morgan fingerprint density at radius 3 is 2.43 bits per heavy atom. The van der Waals surface area contributed by atoms with Gasteiger partial charge in [0.1, 0.15) is 5.82 Å². The van der Waals surface area contributed by atoms with Crippen LogP contribution < -0.4 is 10.2 Å². The lowest BCUT2D eigenvalue weighted by molar-refractivity contribution is -0.674. The first-order chi connectivity index (χ1) is 11.1. The second-order valence-corrected chi connectivity index (χ2v) is 5.61. The summed E-state index contributed by atoms with van der Waals surface area (Å²) in [6, 6.07) is 15.0. The van der Waals surface area contributed by atoms with Crippen LogP contribution in [0.5, 0.6) is 0 Å². The maximum atomic E-state index is 13.0. The van der Waals surface area contributed by atoms with Crippen molar-refractivity contribution in [2.24, 2.45) is 0 Å². The quantitative estimate of drug-likeness (QED) is 0.845. The van der Waals surface area contributed by atoms with Crippen LogP contribution in [-0.2, 0) is 16.0 Å². The molecule has 2 N–H and O–H groups in total. The zero-order valence-electron chi connectivity index (χ0n) is 12.6. The molecule has 1 heterocycles. The summed E-state index contributed by atoms with van der Waals surface area (Å²) < 4.78 is 13.0. The van der Waals surface area contributed by atoms with Crippen LogP contribution in [0.3, 0.4) is 0 Å². The Kier molecular flexibility index (Phi) is 4.48. The first-order valence-corrected chi connectivity index (χ1v) is 7.65. The maximum absolute atomic E-state index is 13.0. The topological polar surface area (TPSA) is 54.0 Å². The predicted octanol–water partition coefficient (Wildman–Crippen LogP) is 1.26. The van der Waals surface area contributed by atoms with Crippen molar-refractivity contribution >= 4 is 17.5 Å². The minimum Gasteiger partial charge on any atom is -0.335 e. The Balaban J connectivity index is 1.61. The molecule has 0 bridgehead atoms. The highest BCUT2D eigenvalue weighted by molar-refractivity contribution is 6.21. The van der Waals surface area contributed by atoms with Crippen LogP contribution >= 0.6 is 0 Å². The molecule has 3 rings (SSSR count). The molecule has 1 aliphatic rings. The number of quaternary nitrogens is 1. The van der Waals surface area contributed by atoms with Gasteiger partial charge in [0.2, 0.25) is 5.91 Å². The summed E-state index contributed by atoms with van der Waals surface area (Å²) in [7, 11) is 0. The highest BCUT2D eigenvalue weighted by Gasteiger charge is 2.41. The van der Waals surface area contributed by atoms with E-state index in [0.29, 0.717) is 5.69 Å². The van der Waals surface area contributed by atoms with Gasteiger partial charge in [0.05, 0.1) is 18.7 Å². The fraction of sp³-hybridized carbons (Fsp3) is 0.222. The average Bonchev–Trinajstić information content (AvgIpc) is 2.84. The molecule has 0 aliphatic carbocycles. The number of rotatable bonds is 5. The van der Waals surface area contributed by atoms with Crippen LogP contribution in [0.2, 0.25) is 0 Å². The first-order valence-electron chi connectivity index (χ1n) is 7.65. The van der Waals surface area contributed by atoms with E-state index in [9.17, 15) is 14.0 Å². The summed E-state index contributed by atoms with van der Waals surface area (Å²) in [5, 5.41) is 1.91. The van der Waals surface area contributed by atoms with Crippen LogP contribution in [-0.4, -0.2) is 24.4 Å². The van der Waals surface area contributed by atoms with Gasteiger partial charge in [0.25, 0.3) is 5.91 Å². The van der Waals surface area contributed by atoms with Crippen LogP contribution in [0, 0.1) is 5.82 Å². The van der Waals surface area contributed by atoms with Crippen molar-refractivity contribution in [3.8, 4) is 0 Å². The number of imide groups is 1. The molecule has 5 heteroatoms. The maximum Gasteiger partial charge on any atom is 0.292 e. The zero-order chi connectivity index (χ0) is 16.2. The summed E-state index contributed by atoms with van der Waals surface area (Å²) in [6.45, 7) is 0.741. The van der Waals surface area contributed by atoms with E-state index in [0.717, 1.165) is 17.9 Å². The minimum atomic E-state index is -0.392. The van der Waals surface area contributed by atoms with Gasteiger partial charge in [-0.3, -0.25) is 9.59 Å². The van der Waals surface area contributed by atoms with E-state index in [4.69, 9.17) is 0 Å². The largest absolute Gasteiger partial charge is 0.335 e. The van der Waals surface area contributed by atoms with Crippen molar-refractivity contribution in [3.63, 3.8) is 0 Å². The van der Waals surface area contributed by atoms with Crippen molar-refractivity contribution in [2.45, 2.75) is 18.9 Å². The lowest BCUT2D eigenvalue weighted by Gasteiger charge is -2.14. The minimum absolute atomic E-state index is 0.186. The summed E-state index contributed by atoms with van der Waals surface area (Å²) in [4.78, 5) is 25.7. The smallest absolute Gasteiger partial charge is 0.292 e. The Morgan fingerprint density at radius 1 is 1.04 bits per heavy atom. The van der Waals surface area contributed by atoms with E-state index >= 15 is 0 Å². The van der Waals surface area contributed by atoms with Crippen molar-refractivity contribution in [3.05, 3.63) is 66.0 Å². The molecule has 2 aromatic rings. The molecule has 4 nitrogen and oxygen atoms in total. The molecule has 0 saturated carbocycles. The summed E-state index contributed by atoms with van der Waals surface area (Å²) in [6.07, 6.45) is 1.03. The number of carbonyl (C=O) groups is 2. The second-order valence-electron chi connectivity index (χ2n) is 5.61. The monoisotopic (exact) mass is 313 g/mol. The molecular formula is C18H18FN2O2+. The van der Waals surface area contributed by atoms with Gasteiger partial charge in [-0.15, -0.1) is 0 Å². The Bertz CT molecular complexity index is 701. The number of amides is 2. The zero-order valence-corrected chi connectivity index (χ0v) is 12.6. The van der Waals surface area contributed by atoms with E-state index in [1.807, 2.05) is 35.6 Å². The molecule has 0 spiro atoms. The fourth-order valence-electron chi connectivity index (χ4n) is 2.80. The SMILES string of the molecule is O=C1C[C@@H]([NH2+]CCc2ccccc2)C(=O)N1c1ccc(F)cc1. The molecular weight excluding hydrogens is 295 g/mol. The number of anilines is 1. The van der Waals surface area contributed by atoms with Crippen LogP contribution in [0.1, 0.15) is 12.0 Å². The average molecular weight is 313 g/mol. The molecule has 118 valence electrons. The normalized spacial score (nSPS) is 17.8. The number of nitrogens with two attached hydrogens (primary N) is 1. The number of halogens is 1. The number of hydrogen-bond acceptors (Lipinski definition) is 2. The highest BCUT2D eigenvalue weighted by Crippen LogP contribution is 2.21. The van der Waals surface area contributed by atoms with E-state index in [1.165, 1.54) is 29.8 Å². The highest BCUT2D eigenvalue weighted by atomic mass is 19.1. The Labute approximate surface area is 133 Å². The van der Waals surface area contributed by atoms with Gasteiger partial charge in [-0.1, -0.05) is 30.3 Å². The van der Waals surface area contributed by atoms with Crippen molar-refractivity contribution in [1.82, 2.24) is 0 Å². The summed E-state index contributed by atoms with van der Waals surface area (Å²) in [5.41, 5.74) is 1.64. The van der Waals surface area contributed by atoms with Crippen LogP contribution in [0.4, 0.5) is 10.1 Å². The molecule has 1 aliphatic heterocycles. The number of carbonyl (C=O) groups excluding carboxylic acids is 2. The van der Waals surface area contributed by atoms with Gasteiger partial charge in [0.15, 0.2) is 6.04 Å². The molecule has 0 aromatic heterocycles. The molecule has 1 saturated heterocycles. The van der Waals surface area contributed by atoms with Gasteiger partial charge < -0.3 is 5.32 Å². The van der Waals surface area contributed by atoms with Gasteiger partial charge in [-0.2, -0.15) is 0 Å². The third-order valence-corrected chi connectivity index (χ3v) is 3.99. The number of benzene rings is 2. The standard InChI is InChI=1S/C18H17FN2O2/c19-14-6-8-15(9-7-14)21-17(22)12-16(18(21)23)20-11-10-13-4-2-1-3-5-13/h1-9,16,20H,10-12H2/p+1/t16-/m1/s1. The van der Waals surface area contributed by atoms with Gasteiger partial charge in [0, 0.05) is 6.42 Å². The number of nitrogens with zero attached hydrogens (tertiary/aromatic N) is 1. The molecule has 23 heavy (non-hydrogen) atoms. The van der Waals surface area contributed by atoms with Crippen molar-refractivity contribution in [2.75, 3.05) is 11.4 Å². The van der Waals surface area contributed by atoms with Crippen molar-refractivity contribution < 1.29 is 19.3 Å². The van der Waals surface area contributed by atoms with E-state index < -0.39 is 6.04 Å². The van der Waals surface area contributed by atoms with Crippen LogP contribution in [0.25, 0.3) is 0 Å². The van der Waals surface area contributed by atoms with E-state index in [1.54, 1.807) is 0 Å². The van der Waals surface area contributed by atoms with Gasteiger partial charge in [-0.25, -0.2) is 9.29 Å². The lowest BCUT2D eigenvalue weighted by Crippen LogP contribution is -2.92.